The second kappa shape index (κ2) is 9.24. The molecule has 0 fully saturated rings. The lowest BCUT2D eigenvalue weighted by Gasteiger charge is -2.15. The average molecular weight is 461 g/mol. The number of hydrogen-bond donors (Lipinski definition) is 2. The van der Waals surface area contributed by atoms with Crippen molar-refractivity contribution in [1.29, 1.82) is 0 Å². The van der Waals surface area contributed by atoms with Crippen molar-refractivity contribution in [2.45, 2.75) is 12.8 Å². The quantitative estimate of drug-likeness (QED) is 0.308. The second-order valence-electron chi connectivity index (χ2n) is 6.77. The van der Waals surface area contributed by atoms with Crippen molar-refractivity contribution in [3.05, 3.63) is 91.4 Å². The van der Waals surface area contributed by atoms with Gasteiger partial charge in [0.05, 0.1) is 22.1 Å². The highest BCUT2D eigenvalue weighted by Crippen LogP contribution is 2.35. The summed E-state index contributed by atoms with van der Waals surface area (Å²) in [6.45, 7) is 2.03. The summed E-state index contributed by atoms with van der Waals surface area (Å²) in [4.78, 5) is 22.2. The van der Waals surface area contributed by atoms with Crippen molar-refractivity contribution < 1.29 is 19.6 Å². The van der Waals surface area contributed by atoms with Gasteiger partial charge in [0.25, 0.3) is 5.69 Å². The Morgan fingerprint density at radius 3 is 2.26 bits per heavy atom. The highest BCUT2D eigenvalue weighted by Gasteiger charge is 2.22. The van der Waals surface area contributed by atoms with Gasteiger partial charge in [-0.3, -0.25) is 10.1 Å². The van der Waals surface area contributed by atoms with Crippen LogP contribution in [0.3, 0.4) is 0 Å². The van der Waals surface area contributed by atoms with E-state index in [4.69, 9.17) is 27.9 Å². The first-order valence-corrected chi connectivity index (χ1v) is 9.88. The Morgan fingerprint density at radius 1 is 1.06 bits per heavy atom. The predicted octanol–water partition coefficient (Wildman–Crippen LogP) is 6.50. The van der Waals surface area contributed by atoms with Crippen molar-refractivity contribution in [1.82, 2.24) is 0 Å². The van der Waals surface area contributed by atoms with Crippen molar-refractivity contribution in [2.24, 2.45) is 0 Å². The Balaban J connectivity index is 1.89. The van der Waals surface area contributed by atoms with E-state index in [2.05, 4.69) is 5.32 Å². The maximum Gasteiger partial charge on any atom is 0.339 e. The van der Waals surface area contributed by atoms with Crippen LogP contribution in [0.25, 0.3) is 0 Å². The lowest BCUT2D eigenvalue weighted by atomic mass is 9.93. The Labute approximate surface area is 188 Å². The summed E-state index contributed by atoms with van der Waals surface area (Å²) >= 11 is 12.1. The van der Waals surface area contributed by atoms with E-state index in [-0.39, 0.29) is 28.6 Å². The van der Waals surface area contributed by atoms with Gasteiger partial charge in [-0.15, -0.1) is 0 Å². The number of hydrogen-bond acceptors (Lipinski definition) is 5. The second-order valence-corrected chi connectivity index (χ2v) is 7.59. The van der Waals surface area contributed by atoms with Crippen LogP contribution in [0.15, 0.2) is 54.6 Å². The fraction of sp³-hybridized carbons (Fsp3) is 0.136. The Kier molecular flexibility index (Phi) is 6.68. The van der Waals surface area contributed by atoms with Crippen LogP contribution in [0.5, 0.6) is 5.75 Å². The summed E-state index contributed by atoms with van der Waals surface area (Å²) < 4.78 is 5.07. The number of nitrogens with zero attached hydrogens (tertiary/aromatic N) is 1. The third-order valence-corrected chi connectivity index (χ3v) is 5.62. The number of carboxylic acids is 1. The van der Waals surface area contributed by atoms with E-state index in [1.54, 1.807) is 18.2 Å². The summed E-state index contributed by atoms with van der Waals surface area (Å²) in [6, 6.07) is 15.1. The summed E-state index contributed by atoms with van der Waals surface area (Å²) in [7, 11) is 1.30. The lowest BCUT2D eigenvalue weighted by Crippen LogP contribution is -2.05. The van der Waals surface area contributed by atoms with E-state index >= 15 is 0 Å². The number of nitro groups is 1. The molecule has 1 atom stereocenters. The first-order chi connectivity index (χ1) is 14.7. The minimum absolute atomic E-state index is 0.0189. The molecular formula is C22H18Cl2N2O5. The molecule has 0 aliphatic carbocycles. The number of halogens is 2. The SMILES string of the molecule is COc1cc(Nc2ccc(C(C)c3ccc(Cl)c(Cl)c3)cc2)c([N+](=O)[O-])cc1C(=O)O. The zero-order valence-corrected chi connectivity index (χ0v) is 18.1. The van der Waals surface area contributed by atoms with Gasteiger partial charge in [-0.05, 0) is 35.4 Å². The van der Waals surface area contributed by atoms with Gasteiger partial charge >= 0.3 is 5.97 Å². The number of nitro benzene ring substituents is 1. The van der Waals surface area contributed by atoms with Crippen molar-refractivity contribution >= 4 is 46.2 Å². The summed E-state index contributed by atoms with van der Waals surface area (Å²) in [5.41, 5.74) is 2.07. The Morgan fingerprint density at radius 2 is 1.71 bits per heavy atom. The summed E-state index contributed by atoms with van der Waals surface area (Å²) in [6.07, 6.45) is 0. The largest absolute Gasteiger partial charge is 0.496 e. The highest BCUT2D eigenvalue weighted by molar-refractivity contribution is 6.42. The minimum atomic E-state index is -1.31. The molecule has 0 amide bonds. The number of aromatic carboxylic acids is 1. The van der Waals surface area contributed by atoms with Crippen LogP contribution in [-0.4, -0.2) is 23.1 Å². The molecule has 0 saturated heterocycles. The fourth-order valence-corrected chi connectivity index (χ4v) is 3.45. The molecule has 3 aromatic carbocycles. The van der Waals surface area contributed by atoms with Crippen LogP contribution in [0.1, 0.15) is 34.3 Å². The van der Waals surface area contributed by atoms with Crippen LogP contribution < -0.4 is 10.1 Å². The van der Waals surface area contributed by atoms with E-state index in [9.17, 15) is 20.0 Å². The summed E-state index contributed by atoms with van der Waals surface area (Å²) in [5.74, 6) is -1.24. The molecule has 0 aliphatic heterocycles. The lowest BCUT2D eigenvalue weighted by molar-refractivity contribution is -0.384. The molecule has 0 aromatic heterocycles. The normalized spacial score (nSPS) is 11.6. The summed E-state index contributed by atoms with van der Waals surface area (Å²) in [5, 5.41) is 24.6. The van der Waals surface area contributed by atoms with Gasteiger partial charge in [-0.2, -0.15) is 0 Å². The van der Waals surface area contributed by atoms with Crippen molar-refractivity contribution in [3.63, 3.8) is 0 Å². The number of nitrogens with one attached hydrogen (secondary N) is 1. The standard InChI is InChI=1S/C22H18Cl2N2O5/c1-12(14-5-8-17(23)18(24)9-14)13-3-6-15(7-4-13)25-19-11-21(31-2)16(22(27)28)10-20(19)26(29)30/h3-12,25H,1-2H3,(H,27,28). The molecule has 0 spiro atoms. The molecule has 0 radical (unpaired) electrons. The van der Waals surface area contributed by atoms with E-state index in [0.717, 1.165) is 17.2 Å². The number of rotatable bonds is 7. The maximum absolute atomic E-state index is 11.4. The molecule has 9 heteroatoms. The van der Waals surface area contributed by atoms with Crippen LogP contribution in [0.2, 0.25) is 10.0 Å². The predicted molar refractivity (Wildman–Crippen MR) is 120 cm³/mol. The number of carboxylic acid groups (broad SMARTS) is 1. The van der Waals surface area contributed by atoms with Gasteiger partial charge in [0, 0.05) is 23.7 Å². The first kappa shape index (κ1) is 22.4. The number of ether oxygens (including phenoxy) is 1. The number of carbonyl (C=O) groups is 1. The van der Waals surface area contributed by atoms with Crippen molar-refractivity contribution in [2.75, 3.05) is 12.4 Å². The third kappa shape index (κ3) is 4.90. The molecule has 0 aliphatic rings. The number of benzene rings is 3. The molecule has 3 aromatic rings. The van der Waals surface area contributed by atoms with Crippen molar-refractivity contribution in [3.8, 4) is 5.75 Å². The van der Waals surface area contributed by atoms with Gasteiger partial charge < -0.3 is 15.2 Å². The monoisotopic (exact) mass is 460 g/mol. The van der Waals surface area contributed by atoms with Gasteiger partial charge in [0.2, 0.25) is 0 Å². The van der Waals surface area contributed by atoms with Crippen LogP contribution in [-0.2, 0) is 0 Å². The molecule has 160 valence electrons. The van der Waals surface area contributed by atoms with Crippen LogP contribution in [0, 0.1) is 10.1 Å². The van der Waals surface area contributed by atoms with E-state index in [1.807, 2.05) is 31.2 Å². The zero-order valence-electron chi connectivity index (χ0n) is 16.6. The molecule has 1 unspecified atom stereocenters. The molecule has 7 nitrogen and oxygen atoms in total. The topological polar surface area (TPSA) is 102 Å². The third-order valence-electron chi connectivity index (χ3n) is 4.88. The maximum atomic E-state index is 11.4. The van der Waals surface area contributed by atoms with E-state index in [0.29, 0.717) is 15.7 Å². The molecule has 0 heterocycles. The first-order valence-electron chi connectivity index (χ1n) is 9.13. The van der Waals surface area contributed by atoms with E-state index < -0.39 is 10.9 Å². The number of anilines is 2. The van der Waals surface area contributed by atoms with Gasteiger partial charge in [-0.1, -0.05) is 48.3 Å². The van der Waals surface area contributed by atoms with Gasteiger partial charge in [0.15, 0.2) is 0 Å². The zero-order chi connectivity index (χ0) is 22.7. The smallest absolute Gasteiger partial charge is 0.339 e. The average Bonchev–Trinajstić information content (AvgIpc) is 2.75. The fourth-order valence-electron chi connectivity index (χ4n) is 3.14. The van der Waals surface area contributed by atoms with Gasteiger partial charge in [-0.25, -0.2) is 4.79 Å². The van der Waals surface area contributed by atoms with E-state index in [1.165, 1.54) is 13.2 Å². The molecule has 0 saturated carbocycles. The van der Waals surface area contributed by atoms with Gasteiger partial charge in [0.1, 0.15) is 17.0 Å². The number of methoxy groups -OCH3 is 1. The van der Waals surface area contributed by atoms with Crippen LogP contribution >= 0.6 is 23.2 Å². The minimum Gasteiger partial charge on any atom is -0.496 e. The molecule has 31 heavy (non-hydrogen) atoms. The Bertz CT molecular complexity index is 1150. The molecule has 2 N–H and O–H groups in total. The Hall–Kier alpha value is -3.29. The molecule has 3 rings (SSSR count). The molecular weight excluding hydrogens is 443 g/mol. The molecule has 0 bridgehead atoms. The highest BCUT2D eigenvalue weighted by atomic mass is 35.5. The van der Waals surface area contributed by atoms with Crippen LogP contribution in [0.4, 0.5) is 17.1 Å².